The zero-order chi connectivity index (χ0) is 24.4. The smallest absolute Gasteiger partial charge is 0.352 e. The number of esters is 1. The number of aromatic amines is 2. The Morgan fingerprint density at radius 1 is 0.848 bits per heavy atom. The van der Waals surface area contributed by atoms with Crippen LogP contribution in [-0.4, -0.2) is 45.2 Å². The van der Waals surface area contributed by atoms with Gasteiger partial charge in [-0.05, 0) is 66.6 Å². The van der Waals surface area contributed by atoms with Crippen LogP contribution in [-0.2, 0) is 17.6 Å². The van der Waals surface area contributed by atoms with Crippen molar-refractivity contribution in [1.82, 2.24) is 9.97 Å². The number of carbonyl (C=O) groups excluding carboxylic acids is 1. The van der Waals surface area contributed by atoms with Gasteiger partial charge in [-0.25, -0.2) is 14.4 Å². The number of carboxylic acids is 2. The standard InChI is InChI=1S/C25H28N2O6/c1-6-16-12(3)19(23(28)29)26-21(16)18(14-8-10-15(11-9-14)25(32)33-5)22-17(7-2)13(4)20(27-22)24(30)31/h8-11,18,26-27H,6-7H2,1-5H3,(H,28,29)(H,30,31). The Labute approximate surface area is 191 Å². The molecule has 4 N–H and O–H groups in total. The molecule has 0 saturated carbocycles. The van der Waals surface area contributed by atoms with Crippen LogP contribution < -0.4 is 0 Å². The fraction of sp³-hybridized carbons (Fsp3) is 0.320. The molecule has 2 aromatic heterocycles. The lowest BCUT2D eigenvalue weighted by Crippen LogP contribution is -2.11. The van der Waals surface area contributed by atoms with Gasteiger partial charge in [-0.2, -0.15) is 0 Å². The van der Waals surface area contributed by atoms with Crippen molar-refractivity contribution >= 4 is 17.9 Å². The van der Waals surface area contributed by atoms with Crippen LogP contribution >= 0.6 is 0 Å². The minimum Gasteiger partial charge on any atom is -0.477 e. The molecule has 33 heavy (non-hydrogen) atoms. The molecule has 2 heterocycles. The molecule has 0 atom stereocenters. The Balaban J connectivity index is 2.34. The Hall–Kier alpha value is -3.81. The van der Waals surface area contributed by atoms with Crippen molar-refractivity contribution in [2.24, 2.45) is 0 Å². The minimum atomic E-state index is -1.06. The summed E-state index contributed by atoms with van der Waals surface area (Å²) in [6.07, 6.45) is 1.18. The van der Waals surface area contributed by atoms with E-state index in [2.05, 4.69) is 9.97 Å². The molecule has 3 rings (SSSR count). The molecule has 0 aliphatic carbocycles. The van der Waals surface area contributed by atoms with E-state index < -0.39 is 23.8 Å². The van der Waals surface area contributed by atoms with Crippen LogP contribution in [0.5, 0.6) is 0 Å². The van der Waals surface area contributed by atoms with Gasteiger partial charge in [-0.3, -0.25) is 0 Å². The van der Waals surface area contributed by atoms with Crippen LogP contribution in [0.3, 0.4) is 0 Å². The van der Waals surface area contributed by atoms with Gasteiger partial charge in [0, 0.05) is 11.4 Å². The number of rotatable bonds is 8. The second-order valence-corrected chi connectivity index (χ2v) is 7.90. The average Bonchev–Trinajstić information content (AvgIpc) is 3.30. The number of aromatic carboxylic acids is 2. The summed E-state index contributed by atoms with van der Waals surface area (Å²) in [6, 6.07) is 6.85. The van der Waals surface area contributed by atoms with Crippen LogP contribution in [0.15, 0.2) is 24.3 Å². The molecule has 8 heteroatoms. The number of methoxy groups -OCH3 is 1. The van der Waals surface area contributed by atoms with Gasteiger partial charge in [-0.15, -0.1) is 0 Å². The van der Waals surface area contributed by atoms with Gasteiger partial charge in [-0.1, -0.05) is 26.0 Å². The molecule has 0 spiro atoms. The van der Waals surface area contributed by atoms with Crippen molar-refractivity contribution in [3.05, 3.63) is 80.4 Å². The highest BCUT2D eigenvalue weighted by atomic mass is 16.5. The van der Waals surface area contributed by atoms with Gasteiger partial charge in [0.25, 0.3) is 0 Å². The Morgan fingerprint density at radius 2 is 1.27 bits per heavy atom. The van der Waals surface area contributed by atoms with Crippen LogP contribution in [0, 0.1) is 13.8 Å². The molecule has 0 bridgehead atoms. The summed E-state index contributed by atoms with van der Waals surface area (Å²) in [6.45, 7) is 7.43. The first-order valence-corrected chi connectivity index (χ1v) is 10.7. The molecule has 0 amide bonds. The number of carbonyl (C=O) groups is 3. The van der Waals surface area contributed by atoms with Crippen molar-refractivity contribution in [3.63, 3.8) is 0 Å². The quantitative estimate of drug-likeness (QED) is 0.373. The molecule has 3 aromatic rings. The predicted octanol–water partition coefficient (Wildman–Crippen LogP) is 4.45. The van der Waals surface area contributed by atoms with Gasteiger partial charge >= 0.3 is 17.9 Å². The molecular formula is C25H28N2O6. The van der Waals surface area contributed by atoms with E-state index >= 15 is 0 Å². The third-order valence-corrected chi connectivity index (χ3v) is 6.20. The second-order valence-electron chi connectivity index (χ2n) is 7.90. The lowest BCUT2D eigenvalue weighted by molar-refractivity contribution is 0.0599. The van der Waals surface area contributed by atoms with Crippen molar-refractivity contribution < 1.29 is 29.3 Å². The number of carboxylic acid groups (broad SMARTS) is 2. The largest absolute Gasteiger partial charge is 0.477 e. The van der Waals surface area contributed by atoms with Crippen molar-refractivity contribution in [2.75, 3.05) is 7.11 Å². The normalized spacial score (nSPS) is 11.1. The monoisotopic (exact) mass is 452 g/mol. The summed E-state index contributed by atoms with van der Waals surface area (Å²) in [5.74, 6) is -3.06. The molecular weight excluding hydrogens is 424 g/mol. The molecule has 1 aromatic carbocycles. The lowest BCUT2D eigenvalue weighted by atomic mass is 9.86. The molecule has 0 aliphatic rings. The fourth-order valence-corrected chi connectivity index (χ4v) is 4.55. The number of H-pyrrole nitrogens is 2. The summed E-state index contributed by atoms with van der Waals surface area (Å²) in [5.41, 5.74) is 5.78. The van der Waals surface area contributed by atoms with E-state index in [1.54, 1.807) is 38.1 Å². The average molecular weight is 453 g/mol. The molecule has 0 saturated heterocycles. The van der Waals surface area contributed by atoms with E-state index in [-0.39, 0.29) is 11.4 Å². The first-order chi connectivity index (χ1) is 15.7. The summed E-state index contributed by atoms with van der Waals surface area (Å²) < 4.78 is 4.79. The number of benzene rings is 1. The van der Waals surface area contributed by atoms with E-state index in [0.29, 0.717) is 40.9 Å². The van der Waals surface area contributed by atoms with Gasteiger partial charge in [0.2, 0.25) is 0 Å². The van der Waals surface area contributed by atoms with Crippen LogP contribution in [0.25, 0.3) is 0 Å². The minimum absolute atomic E-state index is 0.109. The Bertz CT molecular complexity index is 1150. The van der Waals surface area contributed by atoms with E-state index in [9.17, 15) is 24.6 Å². The van der Waals surface area contributed by atoms with Crippen LogP contribution in [0.4, 0.5) is 0 Å². The maximum absolute atomic E-state index is 11.9. The lowest BCUT2D eigenvalue weighted by Gasteiger charge is -2.20. The summed E-state index contributed by atoms with van der Waals surface area (Å²) in [5, 5.41) is 19.4. The van der Waals surface area contributed by atoms with Gasteiger partial charge in [0.15, 0.2) is 0 Å². The number of hydrogen-bond acceptors (Lipinski definition) is 4. The zero-order valence-corrected chi connectivity index (χ0v) is 19.3. The van der Waals surface area contributed by atoms with Crippen molar-refractivity contribution in [3.8, 4) is 0 Å². The molecule has 0 fully saturated rings. The zero-order valence-electron chi connectivity index (χ0n) is 19.3. The maximum atomic E-state index is 11.9. The third-order valence-electron chi connectivity index (χ3n) is 6.20. The van der Waals surface area contributed by atoms with Crippen LogP contribution in [0.1, 0.15) is 90.3 Å². The highest BCUT2D eigenvalue weighted by Gasteiger charge is 2.31. The van der Waals surface area contributed by atoms with E-state index in [1.807, 2.05) is 13.8 Å². The number of nitrogens with one attached hydrogen (secondary N) is 2. The first kappa shape index (κ1) is 23.8. The fourth-order valence-electron chi connectivity index (χ4n) is 4.55. The molecule has 0 aliphatic heterocycles. The topological polar surface area (TPSA) is 132 Å². The SMILES string of the molecule is CCc1c(C(c2ccc(C(=O)OC)cc2)c2[nH]c(C(=O)O)c(C)c2CC)[nH]c(C(=O)O)c1C. The van der Waals surface area contributed by atoms with Crippen LogP contribution in [0.2, 0.25) is 0 Å². The summed E-state index contributed by atoms with van der Waals surface area (Å²) in [7, 11) is 1.31. The number of aromatic nitrogens is 2. The molecule has 0 radical (unpaired) electrons. The molecule has 0 unspecified atom stereocenters. The van der Waals surface area contributed by atoms with E-state index in [0.717, 1.165) is 16.7 Å². The van der Waals surface area contributed by atoms with E-state index in [4.69, 9.17) is 4.74 Å². The number of ether oxygens (including phenoxy) is 1. The number of hydrogen-bond donors (Lipinski definition) is 4. The Morgan fingerprint density at radius 3 is 1.61 bits per heavy atom. The third kappa shape index (κ3) is 4.16. The maximum Gasteiger partial charge on any atom is 0.352 e. The first-order valence-electron chi connectivity index (χ1n) is 10.7. The Kier molecular flexibility index (Phi) is 6.76. The molecule has 174 valence electrons. The molecule has 8 nitrogen and oxygen atoms in total. The van der Waals surface area contributed by atoms with Gasteiger partial charge in [0.1, 0.15) is 11.4 Å². The summed E-state index contributed by atoms with van der Waals surface area (Å²) >= 11 is 0. The van der Waals surface area contributed by atoms with Gasteiger partial charge < -0.3 is 24.9 Å². The van der Waals surface area contributed by atoms with Crippen molar-refractivity contribution in [1.29, 1.82) is 0 Å². The highest BCUT2D eigenvalue weighted by molar-refractivity contribution is 5.90. The van der Waals surface area contributed by atoms with E-state index in [1.165, 1.54) is 7.11 Å². The van der Waals surface area contributed by atoms with Crippen molar-refractivity contribution in [2.45, 2.75) is 46.5 Å². The second kappa shape index (κ2) is 9.36. The summed E-state index contributed by atoms with van der Waals surface area (Å²) in [4.78, 5) is 41.8. The predicted molar refractivity (Wildman–Crippen MR) is 122 cm³/mol. The highest BCUT2D eigenvalue weighted by Crippen LogP contribution is 2.39. The van der Waals surface area contributed by atoms with Gasteiger partial charge in [0.05, 0.1) is 18.6 Å².